The summed E-state index contributed by atoms with van der Waals surface area (Å²) in [4.78, 5) is 0. The molecule has 2 aromatic rings. The van der Waals surface area contributed by atoms with Gasteiger partial charge in [-0.1, -0.05) is 102 Å². The molecule has 0 saturated carbocycles. The van der Waals surface area contributed by atoms with Crippen molar-refractivity contribution in [2.75, 3.05) is 0 Å². The Kier molecular flexibility index (Phi) is 11.3. The SMILES string of the molecule is CC(C)(C)c1ccc2c(c1)-c1cc(C(C)(C)C)c(C3=CC([Si](C)(C)C)=CC3)[c-]c1C2.C[C](C)=[Zr+2].[Cl-].[Cl-]. The van der Waals surface area contributed by atoms with E-state index in [1.54, 1.807) is 29.4 Å². The smallest absolute Gasteiger partial charge is 1.00 e. The van der Waals surface area contributed by atoms with Gasteiger partial charge in [-0.15, -0.1) is 40.5 Å². The summed E-state index contributed by atoms with van der Waals surface area (Å²) in [5.41, 5.74) is 11.6. The van der Waals surface area contributed by atoms with Gasteiger partial charge in [-0.05, 0) is 34.8 Å². The van der Waals surface area contributed by atoms with Crippen molar-refractivity contribution < 1.29 is 49.0 Å². The first-order valence-electron chi connectivity index (χ1n) is 12.7. The molecule has 0 unspecified atom stereocenters. The van der Waals surface area contributed by atoms with Crippen molar-refractivity contribution >= 4 is 16.9 Å². The summed E-state index contributed by atoms with van der Waals surface area (Å²) < 4.78 is 1.51. The molecule has 0 atom stereocenters. The van der Waals surface area contributed by atoms with E-state index in [1.165, 1.54) is 47.7 Å². The molecule has 0 bridgehead atoms. The Morgan fingerprint density at radius 1 is 0.889 bits per heavy atom. The minimum absolute atomic E-state index is 0. The average molecular weight is 618 g/mol. The van der Waals surface area contributed by atoms with E-state index < -0.39 is 8.07 Å². The van der Waals surface area contributed by atoms with Gasteiger partial charge in [0, 0.05) is 0 Å². The Bertz CT molecular complexity index is 1180. The Labute approximate surface area is 249 Å². The summed E-state index contributed by atoms with van der Waals surface area (Å²) in [5, 5.41) is 1.59. The van der Waals surface area contributed by atoms with E-state index in [2.05, 4.69) is 118 Å². The molecule has 4 heteroatoms. The second kappa shape index (κ2) is 12.1. The van der Waals surface area contributed by atoms with Crippen LogP contribution >= 0.6 is 0 Å². The fourth-order valence-electron chi connectivity index (χ4n) is 4.67. The molecule has 2 aliphatic carbocycles. The summed E-state index contributed by atoms with van der Waals surface area (Å²) in [6.45, 7) is 25.5. The van der Waals surface area contributed by atoms with Gasteiger partial charge in [-0.2, -0.15) is 0 Å². The van der Waals surface area contributed by atoms with Gasteiger partial charge < -0.3 is 24.8 Å². The molecular formula is C32H43Cl2SiZr-. The number of hydrogen-bond donors (Lipinski definition) is 0. The van der Waals surface area contributed by atoms with Gasteiger partial charge >= 0.3 is 41.3 Å². The number of benzene rings is 2. The first-order valence-corrected chi connectivity index (χ1v) is 17.4. The van der Waals surface area contributed by atoms with Crippen molar-refractivity contribution in [1.29, 1.82) is 0 Å². The number of allylic oxidation sites excluding steroid dienone is 4. The maximum Gasteiger partial charge on any atom is -1.00 e. The second-order valence-corrected chi connectivity index (χ2v) is 20.8. The molecule has 0 amide bonds. The van der Waals surface area contributed by atoms with Gasteiger partial charge in [0.15, 0.2) is 0 Å². The van der Waals surface area contributed by atoms with Crippen LogP contribution in [0.4, 0.5) is 0 Å². The molecule has 0 aromatic heterocycles. The molecule has 0 fully saturated rings. The van der Waals surface area contributed by atoms with E-state index >= 15 is 0 Å². The molecule has 4 rings (SSSR count). The van der Waals surface area contributed by atoms with Crippen LogP contribution in [0.1, 0.15) is 89.6 Å². The van der Waals surface area contributed by atoms with Crippen LogP contribution < -0.4 is 24.8 Å². The second-order valence-electron chi connectivity index (χ2n) is 13.3. The van der Waals surface area contributed by atoms with Crippen molar-refractivity contribution in [3.05, 3.63) is 75.5 Å². The van der Waals surface area contributed by atoms with Gasteiger partial charge in [0.1, 0.15) is 0 Å². The Morgan fingerprint density at radius 2 is 1.47 bits per heavy atom. The molecule has 36 heavy (non-hydrogen) atoms. The van der Waals surface area contributed by atoms with E-state index in [-0.39, 0.29) is 35.6 Å². The largest absolute Gasteiger partial charge is 1.00 e. The van der Waals surface area contributed by atoms with Crippen molar-refractivity contribution in [1.82, 2.24) is 0 Å². The Hall–Kier alpha value is -0.530. The van der Waals surface area contributed by atoms with Crippen LogP contribution in [0.15, 0.2) is 41.6 Å². The standard InChI is InChI=1S/C29H37Si.C3H6.2ClH.Zr/c1-28(2,3)22-12-10-19-14-21-16-26(20-11-13-23(15-20)30(7,8)9)27(29(4,5)6)18-25(21)24(19)17-22;1-3-2;;;/h10,12-13,15,17-18H,11,14H2,1-9H3;1-2H3;2*1H;/q-1;;;;+2/p-2. The van der Waals surface area contributed by atoms with Crippen molar-refractivity contribution in [3.8, 4) is 11.1 Å². The number of hydrogen-bond acceptors (Lipinski definition) is 0. The summed E-state index contributed by atoms with van der Waals surface area (Å²) in [6, 6.07) is 13.5. The van der Waals surface area contributed by atoms with Crippen LogP contribution in [0, 0.1) is 6.07 Å². The molecule has 0 heterocycles. The normalized spacial score (nSPS) is 14.4. The number of rotatable bonds is 2. The summed E-state index contributed by atoms with van der Waals surface area (Å²) in [6.07, 6.45) is 7.02. The van der Waals surface area contributed by atoms with Gasteiger partial charge in [-0.3, -0.25) is 0 Å². The average Bonchev–Trinajstić information content (AvgIpc) is 3.29. The van der Waals surface area contributed by atoms with E-state index in [4.69, 9.17) is 0 Å². The molecule has 0 saturated heterocycles. The maximum absolute atomic E-state index is 3.93. The van der Waals surface area contributed by atoms with Crippen LogP contribution in [-0.2, 0) is 41.5 Å². The Balaban J connectivity index is 0.00000101. The van der Waals surface area contributed by atoms with Crippen molar-refractivity contribution in [3.63, 3.8) is 0 Å². The first kappa shape index (κ1) is 33.5. The maximum atomic E-state index is 3.93. The molecular weight excluding hydrogens is 575 g/mol. The molecule has 194 valence electrons. The first-order chi connectivity index (χ1) is 15.5. The van der Waals surface area contributed by atoms with E-state index in [0.717, 1.165) is 12.8 Å². The molecule has 0 N–H and O–H groups in total. The van der Waals surface area contributed by atoms with Crippen LogP contribution in [0.5, 0.6) is 0 Å². The summed E-state index contributed by atoms with van der Waals surface area (Å²) in [7, 11) is -1.29. The molecule has 0 aliphatic heterocycles. The minimum Gasteiger partial charge on any atom is -1.00 e. The van der Waals surface area contributed by atoms with Crippen molar-refractivity contribution in [2.24, 2.45) is 0 Å². The monoisotopic (exact) mass is 615 g/mol. The third-order valence-electron chi connectivity index (χ3n) is 6.66. The van der Waals surface area contributed by atoms with Gasteiger partial charge in [0.25, 0.3) is 0 Å². The van der Waals surface area contributed by atoms with Crippen LogP contribution in [-0.4, -0.2) is 11.3 Å². The topological polar surface area (TPSA) is 0 Å². The van der Waals surface area contributed by atoms with E-state index in [9.17, 15) is 0 Å². The minimum atomic E-state index is -1.29. The summed E-state index contributed by atoms with van der Waals surface area (Å²) >= 11 is 1.55. The van der Waals surface area contributed by atoms with E-state index in [1.807, 2.05) is 0 Å². The van der Waals surface area contributed by atoms with E-state index in [0.29, 0.717) is 0 Å². The predicted octanol–water partition coefficient (Wildman–Crippen LogP) is 3.00. The fourth-order valence-corrected chi connectivity index (χ4v) is 6.00. The molecule has 0 spiro atoms. The van der Waals surface area contributed by atoms with Gasteiger partial charge in [-0.25, -0.2) is 0 Å². The molecule has 2 aromatic carbocycles. The van der Waals surface area contributed by atoms with Crippen molar-refractivity contribution in [2.45, 2.75) is 98.7 Å². The zero-order valence-corrected chi connectivity index (χ0v) is 29.1. The molecule has 2 aliphatic rings. The number of halogens is 2. The van der Waals surface area contributed by atoms with Crippen LogP contribution in [0.3, 0.4) is 0 Å². The van der Waals surface area contributed by atoms with Gasteiger partial charge in [0.2, 0.25) is 0 Å². The predicted molar refractivity (Wildman–Crippen MR) is 151 cm³/mol. The third kappa shape index (κ3) is 7.75. The molecule has 0 radical (unpaired) electrons. The van der Waals surface area contributed by atoms with Gasteiger partial charge in [0.05, 0.1) is 8.07 Å². The summed E-state index contributed by atoms with van der Waals surface area (Å²) in [5.74, 6) is 0. The number of fused-ring (bicyclic) bond motifs is 3. The Morgan fingerprint density at radius 3 is 1.94 bits per heavy atom. The zero-order chi connectivity index (χ0) is 25.6. The van der Waals surface area contributed by atoms with Crippen LogP contribution in [0.2, 0.25) is 19.6 Å². The quantitative estimate of drug-likeness (QED) is 0.307. The fraction of sp³-hybridized carbons (Fsp3) is 0.469. The third-order valence-corrected chi connectivity index (χ3v) is 8.74. The van der Waals surface area contributed by atoms with Crippen LogP contribution in [0.25, 0.3) is 16.7 Å². The molecule has 0 nitrogen and oxygen atoms in total. The zero-order valence-electron chi connectivity index (χ0n) is 24.1.